The molecule has 0 amide bonds. The third-order valence-electron chi connectivity index (χ3n) is 5.17. The number of ether oxygens (including phenoxy) is 1. The first-order valence-corrected chi connectivity index (χ1v) is 10.2. The summed E-state index contributed by atoms with van der Waals surface area (Å²) in [5, 5.41) is 8.99. The van der Waals surface area contributed by atoms with Gasteiger partial charge in [-0.1, -0.05) is 12.1 Å². The van der Waals surface area contributed by atoms with E-state index in [9.17, 15) is 26.0 Å². The van der Waals surface area contributed by atoms with Crippen LogP contribution < -0.4 is 0 Å². The highest BCUT2D eigenvalue weighted by Gasteiger charge is 2.45. The predicted molar refractivity (Wildman–Crippen MR) is 96.1 cm³/mol. The number of halogens is 4. The summed E-state index contributed by atoms with van der Waals surface area (Å²) in [6.45, 7) is 1.52. The lowest BCUT2D eigenvalue weighted by molar-refractivity contribution is -0.137. The monoisotopic (exact) mass is 427 g/mol. The van der Waals surface area contributed by atoms with Crippen molar-refractivity contribution in [2.24, 2.45) is 0 Å². The van der Waals surface area contributed by atoms with E-state index in [1.807, 2.05) is 0 Å². The summed E-state index contributed by atoms with van der Waals surface area (Å²) in [6, 6.07) is 9.18. The average Bonchev–Trinajstić information content (AvgIpc) is 2.67. The van der Waals surface area contributed by atoms with E-state index in [0.717, 1.165) is 24.3 Å². The van der Waals surface area contributed by atoms with E-state index >= 15 is 0 Å². The summed E-state index contributed by atoms with van der Waals surface area (Å²) in [6.07, 6.45) is -5.34. The van der Waals surface area contributed by atoms with Gasteiger partial charge in [0.15, 0.2) is 9.84 Å². The van der Waals surface area contributed by atoms with Gasteiger partial charge in [-0.05, 0) is 55.7 Å². The Kier molecular flexibility index (Phi) is 5.45. The van der Waals surface area contributed by atoms with Gasteiger partial charge in [0, 0.05) is 6.61 Å². The van der Waals surface area contributed by atoms with E-state index in [1.165, 1.54) is 19.1 Å². The minimum atomic E-state index is -4.66. The van der Waals surface area contributed by atoms with Gasteiger partial charge in [-0.15, -0.1) is 0 Å². The first-order chi connectivity index (χ1) is 13.5. The lowest BCUT2D eigenvalue weighted by Crippen LogP contribution is -2.42. The average molecular weight is 427 g/mol. The fraction of sp³-hybridized carbons (Fsp3) is 0.350. The van der Waals surface area contributed by atoms with E-state index in [0.29, 0.717) is 11.6 Å². The molecule has 2 aromatic carbocycles. The molecule has 0 bridgehead atoms. The normalized spacial score (nSPS) is 22.8. The Morgan fingerprint density at radius 3 is 2.59 bits per heavy atom. The molecule has 9 heteroatoms. The molecule has 0 radical (unpaired) electrons. The maximum Gasteiger partial charge on any atom is 0.416 e. The Balaban J connectivity index is 1.96. The first-order valence-electron chi connectivity index (χ1n) is 8.71. The van der Waals surface area contributed by atoms with Crippen LogP contribution in [0.1, 0.15) is 42.6 Å². The molecule has 0 spiro atoms. The van der Waals surface area contributed by atoms with Crippen molar-refractivity contribution in [2.75, 3.05) is 6.61 Å². The number of hydrogen-bond acceptors (Lipinski definition) is 4. The van der Waals surface area contributed by atoms with Crippen molar-refractivity contribution >= 4 is 9.84 Å². The number of rotatable bonds is 3. The van der Waals surface area contributed by atoms with Crippen molar-refractivity contribution in [2.45, 2.75) is 41.7 Å². The Morgan fingerprint density at radius 1 is 1.21 bits per heavy atom. The summed E-state index contributed by atoms with van der Waals surface area (Å²) in [7, 11) is -4.13. The van der Waals surface area contributed by atoms with Gasteiger partial charge >= 0.3 is 6.18 Å². The number of nitrogens with zero attached hydrogens (tertiary/aromatic N) is 1. The topological polar surface area (TPSA) is 67.2 Å². The maximum atomic E-state index is 13.6. The zero-order valence-electron chi connectivity index (χ0n) is 15.3. The molecule has 0 unspecified atom stereocenters. The van der Waals surface area contributed by atoms with Crippen molar-refractivity contribution in [3.8, 4) is 6.07 Å². The lowest BCUT2D eigenvalue weighted by Gasteiger charge is -2.38. The lowest BCUT2D eigenvalue weighted by atomic mass is 9.92. The van der Waals surface area contributed by atoms with E-state index in [-0.39, 0.29) is 25.0 Å². The standard InChI is InChI=1S/C20H17F4NO3S/c1-19(29(26,27)16-4-2-3-15(10-16)20(22,23)24)7-8-28-18(11-19)13-5-6-17(21)14(9-13)12-25/h2-6,9-10,18H,7-8,11H2,1H3/t18-,19+/m1/s1. The Morgan fingerprint density at radius 2 is 1.93 bits per heavy atom. The van der Waals surface area contributed by atoms with Gasteiger partial charge in [-0.25, -0.2) is 12.8 Å². The largest absolute Gasteiger partial charge is 0.416 e. The van der Waals surface area contributed by atoms with Gasteiger partial charge in [-0.2, -0.15) is 18.4 Å². The van der Waals surface area contributed by atoms with Gasteiger partial charge in [0.1, 0.15) is 11.9 Å². The zero-order valence-corrected chi connectivity index (χ0v) is 16.1. The van der Waals surface area contributed by atoms with Crippen LogP contribution in [0.2, 0.25) is 0 Å². The second-order valence-corrected chi connectivity index (χ2v) is 9.61. The number of benzene rings is 2. The van der Waals surface area contributed by atoms with E-state index < -0.39 is 43.1 Å². The second-order valence-electron chi connectivity index (χ2n) is 7.14. The zero-order chi connectivity index (χ0) is 21.4. The van der Waals surface area contributed by atoms with Crippen LogP contribution in [-0.2, 0) is 20.8 Å². The van der Waals surface area contributed by atoms with E-state index in [1.54, 1.807) is 6.07 Å². The molecular weight excluding hydrogens is 410 g/mol. The molecule has 1 aliphatic rings. The van der Waals surface area contributed by atoms with Crippen LogP contribution >= 0.6 is 0 Å². The predicted octanol–water partition coefficient (Wildman–Crippen LogP) is 4.80. The SMILES string of the molecule is C[C@]1(S(=O)(=O)c2cccc(C(F)(F)F)c2)CCO[C@@H](c2ccc(F)c(C#N)c2)C1. The smallest absolute Gasteiger partial charge is 0.373 e. The minimum Gasteiger partial charge on any atom is -0.373 e. The fourth-order valence-electron chi connectivity index (χ4n) is 3.38. The van der Waals surface area contributed by atoms with E-state index in [4.69, 9.17) is 10.00 Å². The molecule has 0 saturated carbocycles. The van der Waals surface area contributed by atoms with Gasteiger partial charge < -0.3 is 4.74 Å². The van der Waals surface area contributed by atoms with Crippen molar-refractivity contribution in [3.63, 3.8) is 0 Å². The molecule has 0 N–H and O–H groups in total. The summed E-state index contributed by atoms with van der Waals surface area (Å²) >= 11 is 0. The van der Waals surface area contributed by atoms with E-state index in [2.05, 4.69) is 0 Å². The molecule has 1 aliphatic heterocycles. The highest BCUT2D eigenvalue weighted by molar-refractivity contribution is 7.92. The molecule has 154 valence electrons. The molecule has 0 aromatic heterocycles. The number of hydrogen-bond donors (Lipinski definition) is 0. The van der Waals surface area contributed by atoms with Crippen LogP contribution in [0.4, 0.5) is 17.6 Å². The van der Waals surface area contributed by atoms with Crippen LogP contribution in [0, 0.1) is 17.1 Å². The molecule has 3 rings (SSSR count). The molecule has 1 fully saturated rings. The molecule has 1 saturated heterocycles. The third kappa shape index (κ3) is 4.00. The molecule has 2 atom stereocenters. The Hall–Kier alpha value is -2.44. The van der Waals surface area contributed by atoms with Gasteiger partial charge in [0.2, 0.25) is 0 Å². The molecule has 0 aliphatic carbocycles. The van der Waals surface area contributed by atoms with Crippen LogP contribution in [0.15, 0.2) is 47.4 Å². The number of nitriles is 1. The summed E-state index contributed by atoms with van der Waals surface area (Å²) in [4.78, 5) is -0.410. The van der Waals surface area contributed by atoms with Crippen LogP contribution in [-0.4, -0.2) is 19.8 Å². The van der Waals surface area contributed by atoms with Crippen molar-refractivity contribution in [3.05, 3.63) is 65.0 Å². The molecule has 1 heterocycles. The van der Waals surface area contributed by atoms with Crippen LogP contribution in [0.25, 0.3) is 0 Å². The highest BCUT2D eigenvalue weighted by Crippen LogP contribution is 2.43. The van der Waals surface area contributed by atoms with Gasteiger partial charge in [-0.3, -0.25) is 0 Å². The molecular formula is C20H17F4NO3S. The first kappa shape index (κ1) is 21.3. The highest BCUT2D eigenvalue weighted by atomic mass is 32.2. The maximum absolute atomic E-state index is 13.6. The summed E-state index contributed by atoms with van der Waals surface area (Å²) in [5.41, 5.74) is -0.796. The van der Waals surface area contributed by atoms with Crippen molar-refractivity contribution < 1.29 is 30.7 Å². The number of alkyl halides is 3. The Bertz CT molecular complexity index is 1080. The third-order valence-corrected chi connectivity index (χ3v) is 7.71. The number of sulfone groups is 1. The van der Waals surface area contributed by atoms with Crippen LogP contribution in [0.5, 0.6) is 0 Å². The molecule has 29 heavy (non-hydrogen) atoms. The summed E-state index contributed by atoms with van der Waals surface area (Å²) < 4.78 is 83.3. The van der Waals surface area contributed by atoms with Crippen LogP contribution in [0.3, 0.4) is 0 Å². The quantitative estimate of drug-likeness (QED) is 0.660. The van der Waals surface area contributed by atoms with Crippen molar-refractivity contribution in [1.29, 1.82) is 5.26 Å². The minimum absolute atomic E-state index is 0.0396. The second kappa shape index (κ2) is 7.43. The molecule has 4 nitrogen and oxygen atoms in total. The fourth-order valence-corrected chi connectivity index (χ4v) is 5.21. The Labute approximate surface area is 165 Å². The van der Waals surface area contributed by atoms with Gasteiger partial charge in [0.25, 0.3) is 0 Å². The summed E-state index contributed by atoms with van der Waals surface area (Å²) in [5.74, 6) is -0.702. The van der Waals surface area contributed by atoms with Crippen molar-refractivity contribution in [1.82, 2.24) is 0 Å². The molecule has 2 aromatic rings. The van der Waals surface area contributed by atoms with Gasteiger partial charge in [0.05, 0.1) is 26.9 Å².